The highest BCUT2D eigenvalue weighted by Crippen LogP contribution is 2.19. The lowest BCUT2D eigenvalue weighted by atomic mass is 10.2. The molecule has 3 aromatic rings. The Bertz CT molecular complexity index is 886. The number of aromatic nitrogens is 3. The Morgan fingerprint density at radius 2 is 1.88 bits per heavy atom. The van der Waals surface area contributed by atoms with Gasteiger partial charge in [0.1, 0.15) is 5.75 Å². The summed E-state index contributed by atoms with van der Waals surface area (Å²) in [5, 5.41) is 10.0. The van der Waals surface area contributed by atoms with E-state index in [0.29, 0.717) is 10.8 Å². The quantitative estimate of drug-likeness (QED) is 0.683. The lowest BCUT2D eigenvalue weighted by molar-refractivity contribution is -0.111. The van der Waals surface area contributed by atoms with Crippen LogP contribution in [0.15, 0.2) is 54.6 Å². The molecule has 0 saturated carbocycles. The SMILES string of the molecule is COc1ccc(-c2nc(NC(=O)/C=C/c3ccc(Cl)cc3)n[nH]2)cc1. The second-order valence-electron chi connectivity index (χ2n) is 5.11. The fourth-order valence-electron chi connectivity index (χ4n) is 2.09. The van der Waals surface area contributed by atoms with Crippen LogP contribution in [0, 0.1) is 0 Å². The molecule has 0 aliphatic carbocycles. The van der Waals surface area contributed by atoms with Gasteiger partial charge in [-0.25, -0.2) is 0 Å². The molecule has 0 spiro atoms. The van der Waals surface area contributed by atoms with E-state index in [1.807, 2.05) is 36.4 Å². The summed E-state index contributed by atoms with van der Waals surface area (Å²) < 4.78 is 5.11. The number of carbonyl (C=O) groups excluding carboxylic acids is 1. The maximum absolute atomic E-state index is 11.9. The fraction of sp³-hybridized carbons (Fsp3) is 0.0556. The molecule has 2 aromatic carbocycles. The Hall–Kier alpha value is -3.12. The Balaban J connectivity index is 1.64. The summed E-state index contributed by atoms with van der Waals surface area (Å²) in [7, 11) is 1.61. The average Bonchev–Trinajstić information content (AvgIpc) is 3.10. The van der Waals surface area contributed by atoms with Gasteiger partial charge in [0.15, 0.2) is 5.82 Å². The second kappa shape index (κ2) is 7.63. The van der Waals surface area contributed by atoms with E-state index in [9.17, 15) is 4.79 Å². The van der Waals surface area contributed by atoms with Crippen molar-refractivity contribution in [2.24, 2.45) is 0 Å². The lowest BCUT2D eigenvalue weighted by Crippen LogP contribution is -2.09. The Labute approximate surface area is 149 Å². The van der Waals surface area contributed by atoms with Gasteiger partial charge in [-0.05, 0) is 48.0 Å². The number of nitrogens with one attached hydrogen (secondary N) is 2. The number of hydrogen-bond donors (Lipinski definition) is 2. The van der Waals surface area contributed by atoms with Crippen LogP contribution in [0.3, 0.4) is 0 Å². The number of amides is 1. The van der Waals surface area contributed by atoms with Crippen LogP contribution in [0.5, 0.6) is 5.75 Å². The molecule has 0 atom stereocenters. The topological polar surface area (TPSA) is 79.9 Å². The summed E-state index contributed by atoms with van der Waals surface area (Å²) >= 11 is 5.82. The van der Waals surface area contributed by atoms with Crippen molar-refractivity contribution in [1.29, 1.82) is 0 Å². The van der Waals surface area contributed by atoms with Crippen LogP contribution in [-0.2, 0) is 4.79 Å². The molecule has 0 aliphatic heterocycles. The van der Waals surface area contributed by atoms with Crippen molar-refractivity contribution in [3.63, 3.8) is 0 Å². The molecule has 0 radical (unpaired) electrons. The zero-order valence-corrected chi connectivity index (χ0v) is 14.1. The van der Waals surface area contributed by atoms with Crippen LogP contribution in [0.25, 0.3) is 17.5 Å². The summed E-state index contributed by atoms with van der Waals surface area (Å²) in [6.07, 6.45) is 3.09. The zero-order chi connectivity index (χ0) is 17.6. The summed E-state index contributed by atoms with van der Waals surface area (Å²) in [5.74, 6) is 1.19. The minimum Gasteiger partial charge on any atom is -0.497 e. The number of aromatic amines is 1. The van der Waals surface area contributed by atoms with Gasteiger partial charge in [-0.3, -0.25) is 15.2 Å². The standard InChI is InChI=1S/C18H15ClN4O2/c1-25-15-9-5-13(6-10-15)17-21-18(23-22-17)20-16(24)11-4-12-2-7-14(19)8-3-12/h2-11H,1H3,(H2,20,21,22,23,24)/b11-4+. The largest absolute Gasteiger partial charge is 0.497 e. The molecule has 0 bridgehead atoms. The average molecular weight is 355 g/mol. The third-order valence-corrected chi connectivity index (χ3v) is 3.63. The van der Waals surface area contributed by atoms with E-state index in [1.165, 1.54) is 6.08 Å². The van der Waals surface area contributed by atoms with Gasteiger partial charge < -0.3 is 4.74 Å². The minimum atomic E-state index is -0.324. The molecule has 1 amide bonds. The van der Waals surface area contributed by atoms with Crippen LogP contribution < -0.4 is 10.1 Å². The molecule has 0 fully saturated rings. The first kappa shape index (κ1) is 16.7. The number of carbonyl (C=O) groups is 1. The van der Waals surface area contributed by atoms with Gasteiger partial charge in [-0.1, -0.05) is 23.7 Å². The van der Waals surface area contributed by atoms with E-state index in [4.69, 9.17) is 16.3 Å². The molecule has 7 heteroatoms. The summed E-state index contributed by atoms with van der Waals surface area (Å²) in [4.78, 5) is 16.2. The van der Waals surface area contributed by atoms with E-state index in [1.54, 1.807) is 25.3 Å². The third kappa shape index (κ3) is 4.45. The summed E-state index contributed by atoms with van der Waals surface area (Å²) in [6, 6.07) is 14.5. The fourth-order valence-corrected chi connectivity index (χ4v) is 2.22. The Kier molecular flexibility index (Phi) is 5.11. The van der Waals surface area contributed by atoms with Crippen LogP contribution in [-0.4, -0.2) is 28.2 Å². The summed E-state index contributed by atoms with van der Waals surface area (Å²) in [5.41, 5.74) is 1.71. The van der Waals surface area contributed by atoms with Crippen LogP contribution in [0.2, 0.25) is 5.02 Å². The number of H-pyrrole nitrogens is 1. The first-order chi connectivity index (χ1) is 12.1. The molecule has 3 rings (SSSR count). The molecule has 0 saturated heterocycles. The van der Waals surface area contributed by atoms with Gasteiger partial charge in [0.2, 0.25) is 5.95 Å². The maximum Gasteiger partial charge on any atom is 0.250 e. The van der Waals surface area contributed by atoms with E-state index in [2.05, 4.69) is 20.5 Å². The van der Waals surface area contributed by atoms with E-state index in [-0.39, 0.29) is 11.9 Å². The van der Waals surface area contributed by atoms with Crippen LogP contribution >= 0.6 is 11.6 Å². The molecule has 25 heavy (non-hydrogen) atoms. The van der Waals surface area contributed by atoms with Gasteiger partial charge in [0.25, 0.3) is 5.91 Å². The van der Waals surface area contributed by atoms with Crippen molar-refractivity contribution in [2.75, 3.05) is 12.4 Å². The van der Waals surface area contributed by atoms with Crippen LogP contribution in [0.1, 0.15) is 5.56 Å². The highest BCUT2D eigenvalue weighted by Gasteiger charge is 2.07. The number of benzene rings is 2. The van der Waals surface area contributed by atoms with Crippen LogP contribution in [0.4, 0.5) is 5.95 Å². The Morgan fingerprint density at radius 3 is 2.56 bits per heavy atom. The van der Waals surface area contributed by atoms with Crippen molar-refractivity contribution in [3.8, 4) is 17.1 Å². The van der Waals surface area contributed by atoms with Crippen molar-refractivity contribution >= 4 is 29.5 Å². The molecule has 0 aliphatic rings. The molecule has 1 heterocycles. The highest BCUT2D eigenvalue weighted by molar-refractivity contribution is 6.30. The predicted molar refractivity (Wildman–Crippen MR) is 97.5 cm³/mol. The number of methoxy groups -OCH3 is 1. The number of anilines is 1. The van der Waals surface area contributed by atoms with E-state index in [0.717, 1.165) is 16.9 Å². The van der Waals surface area contributed by atoms with Crippen molar-refractivity contribution < 1.29 is 9.53 Å². The maximum atomic E-state index is 11.9. The molecule has 6 nitrogen and oxygen atoms in total. The number of ether oxygens (including phenoxy) is 1. The highest BCUT2D eigenvalue weighted by atomic mass is 35.5. The Morgan fingerprint density at radius 1 is 1.16 bits per heavy atom. The molecule has 0 unspecified atom stereocenters. The van der Waals surface area contributed by atoms with E-state index < -0.39 is 0 Å². The number of hydrogen-bond acceptors (Lipinski definition) is 4. The second-order valence-corrected chi connectivity index (χ2v) is 5.55. The van der Waals surface area contributed by atoms with Gasteiger partial charge in [0.05, 0.1) is 7.11 Å². The molecule has 1 aromatic heterocycles. The normalized spacial score (nSPS) is 10.8. The van der Waals surface area contributed by atoms with Crippen molar-refractivity contribution in [1.82, 2.24) is 15.2 Å². The third-order valence-electron chi connectivity index (χ3n) is 3.38. The number of rotatable bonds is 5. The van der Waals surface area contributed by atoms with Gasteiger partial charge in [0, 0.05) is 16.7 Å². The summed E-state index contributed by atoms with van der Waals surface area (Å²) in [6.45, 7) is 0. The monoisotopic (exact) mass is 354 g/mol. The number of halogens is 1. The lowest BCUT2D eigenvalue weighted by Gasteiger charge is -1.99. The van der Waals surface area contributed by atoms with Gasteiger partial charge in [-0.2, -0.15) is 4.98 Å². The molecular weight excluding hydrogens is 340 g/mol. The van der Waals surface area contributed by atoms with Gasteiger partial charge >= 0.3 is 0 Å². The first-order valence-corrected chi connectivity index (χ1v) is 7.83. The predicted octanol–water partition coefficient (Wildman–Crippen LogP) is 3.79. The molecule has 126 valence electrons. The van der Waals surface area contributed by atoms with Crippen molar-refractivity contribution in [2.45, 2.75) is 0 Å². The minimum absolute atomic E-state index is 0.205. The van der Waals surface area contributed by atoms with Gasteiger partial charge in [-0.15, -0.1) is 5.10 Å². The zero-order valence-electron chi connectivity index (χ0n) is 13.4. The van der Waals surface area contributed by atoms with Crippen molar-refractivity contribution in [3.05, 3.63) is 65.2 Å². The smallest absolute Gasteiger partial charge is 0.250 e. The van der Waals surface area contributed by atoms with E-state index >= 15 is 0 Å². The number of nitrogens with zero attached hydrogens (tertiary/aromatic N) is 2. The molecular formula is C18H15ClN4O2. The first-order valence-electron chi connectivity index (χ1n) is 7.45. The molecule has 2 N–H and O–H groups in total.